The predicted octanol–water partition coefficient (Wildman–Crippen LogP) is 4.29. The van der Waals surface area contributed by atoms with Crippen LogP contribution < -0.4 is 10.5 Å². The average Bonchev–Trinajstić information content (AvgIpc) is 2.33. The number of nitrogens with two attached hydrogens (primary N) is 1. The van der Waals surface area contributed by atoms with Crippen molar-refractivity contribution < 1.29 is 9.13 Å². The van der Waals surface area contributed by atoms with Crippen LogP contribution in [0, 0.1) is 5.82 Å². The van der Waals surface area contributed by atoms with Crippen LogP contribution in [0.25, 0.3) is 0 Å². The molecule has 0 aliphatic rings. The summed E-state index contributed by atoms with van der Waals surface area (Å²) in [5.41, 5.74) is 6.12. The normalized spacial score (nSPS) is 10.4. The molecular formula is C13H10Cl2FNO. The molecule has 0 heterocycles. The van der Waals surface area contributed by atoms with E-state index in [4.69, 9.17) is 33.7 Å². The molecule has 0 bridgehead atoms. The Kier molecular flexibility index (Phi) is 3.94. The van der Waals surface area contributed by atoms with Crippen molar-refractivity contribution in [1.82, 2.24) is 0 Å². The van der Waals surface area contributed by atoms with Crippen molar-refractivity contribution in [2.75, 3.05) is 5.73 Å². The maximum Gasteiger partial charge on any atom is 0.149 e. The van der Waals surface area contributed by atoms with Gasteiger partial charge in [-0.3, -0.25) is 0 Å². The number of nitrogen functional groups attached to an aromatic ring is 1. The van der Waals surface area contributed by atoms with Gasteiger partial charge in [-0.15, -0.1) is 0 Å². The quantitative estimate of drug-likeness (QED) is 0.854. The van der Waals surface area contributed by atoms with E-state index in [2.05, 4.69) is 0 Å². The number of rotatable bonds is 3. The molecule has 0 saturated heterocycles. The lowest BCUT2D eigenvalue weighted by Gasteiger charge is -2.09. The van der Waals surface area contributed by atoms with Gasteiger partial charge in [0.25, 0.3) is 0 Å². The molecule has 2 N–H and O–H groups in total. The molecular weight excluding hydrogens is 276 g/mol. The number of benzene rings is 2. The number of anilines is 1. The largest absolute Gasteiger partial charge is 0.489 e. The van der Waals surface area contributed by atoms with Crippen LogP contribution in [0.15, 0.2) is 36.4 Å². The smallest absolute Gasteiger partial charge is 0.149 e. The highest BCUT2D eigenvalue weighted by Crippen LogP contribution is 2.26. The van der Waals surface area contributed by atoms with Crippen LogP contribution >= 0.6 is 23.2 Å². The lowest BCUT2D eigenvalue weighted by atomic mass is 10.2. The van der Waals surface area contributed by atoms with Crippen LogP contribution in [0.1, 0.15) is 5.56 Å². The third kappa shape index (κ3) is 2.86. The molecule has 18 heavy (non-hydrogen) atoms. The zero-order valence-electron chi connectivity index (χ0n) is 9.29. The summed E-state index contributed by atoms with van der Waals surface area (Å²) in [6.07, 6.45) is 0. The highest BCUT2D eigenvalue weighted by molar-refractivity contribution is 6.35. The van der Waals surface area contributed by atoms with Gasteiger partial charge in [-0.1, -0.05) is 29.3 Å². The first-order chi connectivity index (χ1) is 8.58. The Labute approximate surface area is 114 Å². The van der Waals surface area contributed by atoms with E-state index in [9.17, 15) is 4.39 Å². The first kappa shape index (κ1) is 13.0. The minimum Gasteiger partial charge on any atom is -0.489 e. The van der Waals surface area contributed by atoms with Crippen LogP contribution in [-0.4, -0.2) is 0 Å². The first-order valence-corrected chi connectivity index (χ1v) is 5.94. The molecule has 0 saturated carbocycles. The van der Waals surface area contributed by atoms with Crippen LogP contribution in [0.5, 0.6) is 5.75 Å². The van der Waals surface area contributed by atoms with Crippen LogP contribution in [0.3, 0.4) is 0 Å². The van der Waals surface area contributed by atoms with Gasteiger partial charge < -0.3 is 10.5 Å². The second kappa shape index (κ2) is 5.46. The SMILES string of the molecule is Nc1ccc(OCc2c(Cl)cccc2Cl)cc1F. The number of halogens is 3. The van der Waals surface area contributed by atoms with Gasteiger partial charge in [-0.25, -0.2) is 4.39 Å². The Morgan fingerprint density at radius 1 is 1.11 bits per heavy atom. The molecule has 0 aromatic heterocycles. The van der Waals surface area contributed by atoms with E-state index in [1.165, 1.54) is 12.1 Å². The van der Waals surface area contributed by atoms with Crippen molar-refractivity contribution in [1.29, 1.82) is 0 Å². The molecule has 0 aliphatic heterocycles. The molecule has 2 aromatic rings. The zero-order chi connectivity index (χ0) is 13.1. The minimum atomic E-state index is -0.516. The summed E-state index contributed by atoms with van der Waals surface area (Å²) in [6, 6.07) is 9.44. The van der Waals surface area contributed by atoms with Gasteiger partial charge in [0.1, 0.15) is 18.2 Å². The van der Waals surface area contributed by atoms with Crippen molar-refractivity contribution in [2.45, 2.75) is 6.61 Å². The van der Waals surface area contributed by atoms with Crippen LogP contribution in [0.2, 0.25) is 10.0 Å². The highest BCUT2D eigenvalue weighted by atomic mass is 35.5. The van der Waals surface area contributed by atoms with Crippen molar-refractivity contribution in [3.8, 4) is 5.75 Å². The molecule has 0 radical (unpaired) electrons. The summed E-state index contributed by atoms with van der Waals surface area (Å²) in [5, 5.41) is 1.02. The highest BCUT2D eigenvalue weighted by Gasteiger charge is 2.07. The Morgan fingerprint density at radius 2 is 1.78 bits per heavy atom. The number of hydrogen-bond acceptors (Lipinski definition) is 2. The summed E-state index contributed by atoms with van der Waals surface area (Å²) in [5.74, 6) is -0.143. The molecule has 2 rings (SSSR count). The molecule has 0 amide bonds. The van der Waals surface area contributed by atoms with Gasteiger partial charge in [-0.05, 0) is 24.3 Å². The minimum absolute atomic E-state index is 0.0816. The van der Waals surface area contributed by atoms with Crippen LogP contribution in [-0.2, 0) is 6.61 Å². The van der Waals surface area contributed by atoms with Gasteiger partial charge in [0.15, 0.2) is 0 Å². The van der Waals surface area contributed by atoms with Crippen LogP contribution in [0.4, 0.5) is 10.1 Å². The molecule has 2 aromatic carbocycles. The van der Waals surface area contributed by atoms with Crippen molar-refractivity contribution in [2.24, 2.45) is 0 Å². The standard InChI is InChI=1S/C13H10Cl2FNO/c14-10-2-1-3-11(15)9(10)7-18-8-4-5-13(17)12(16)6-8/h1-6H,7,17H2. The van der Waals surface area contributed by atoms with Crippen molar-refractivity contribution in [3.05, 3.63) is 57.8 Å². The first-order valence-electron chi connectivity index (χ1n) is 5.18. The molecule has 0 spiro atoms. The van der Waals surface area contributed by atoms with Gasteiger partial charge in [0.2, 0.25) is 0 Å². The number of ether oxygens (including phenoxy) is 1. The van der Waals surface area contributed by atoms with Gasteiger partial charge in [0, 0.05) is 21.7 Å². The Hall–Kier alpha value is -1.45. The fourth-order valence-corrected chi connectivity index (χ4v) is 1.93. The monoisotopic (exact) mass is 285 g/mol. The maximum absolute atomic E-state index is 13.2. The lowest BCUT2D eigenvalue weighted by molar-refractivity contribution is 0.305. The second-order valence-corrected chi connectivity index (χ2v) is 4.49. The predicted molar refractivity (Wildman–Crippen MR) is 71.6 cm³/mol. The molecule has 0 unspecified atom stereocenters. The fourth-order valence-electron chi connectivity index (χ4n) is 1.42. The van der Waals surface area contributed by atoms with E-state index in [0.717, 1.165) is 0 Å². The summed E-state index contributed by atoms with van der Waals surface area (Å²) < 4.78 is 18.6. The van der Waals surface area contributed by atoms with Gasteiger partial charge in [-0.2, -0.15) is 0 Å². The summed E-state index contributed by atoms with van der Waals surface area (Å²) >= 11 is 12.0. The lowest BCUT2D eigenvalue weighted by Crippen LogP contribution is -1.98. The third-order valence-corrected chi connectivity index (χ3v) is 3.12. The summed E-state index contributed by atoms with van der Waals surface area (Å²) in [7, 11) is 0. The van der Waals surface area contributed by atoms with E-state index >= 15 is 0 Å². The summed E-state index contributed by atoms with van der Waals surface area (Å²) in [6.45, 7) is 0.169. The molecule has 0 aliphatic carbocycles. The maximum atomic E-state index is 13.2. The van der Waals surface area contributed by atoms with E-state index in [-0.39, 0.29) is 12.3 Å². The van der Waals surface area contributed by atoms with E-state index in [0.29, 0.717) is 21.4 Å². The zero-order valence-corrected chi connectivity index (χ0v) is 10.8. The summed E-state index contributed by atoms with van der Waals surface area (Å²) in [4.78, 5) is 0. The van der Waals surface area contributed by atoms with Crippen molar-refractivity contribution in [3.63, 3.8) is 0 Å². The van der Waals surface area contributed by atoms with E-state index in [1.54, 1.807) is 24.3 Å². The Morgan fingerprint density at radius 3 is 2.39 bits per heavy atom. The topological polar surface area (TPSA) is 35.2 Å². The Balaban J connectivity index is 2.14. The van der Waals surface area contributed by atoms with Gasteiger partial charge >= 0.3 is 0 Å². The average molecular weight is 286 g/mol. The molecule has 0 atom stereocenters. The third-order valence-electron chi connectivity index (χ3n) is 2.42. The number of hydrogen-bond donors (Lipinski definition) is 1. The second-order valence-electron chi connectivity index (χ2n) is 3.67. The van der Waals surface area contributed by atoms with Gasteiger partial charge in [0.05, 0.1) is 5.69 Å². The molecule has 94 valence electrons. The van der Waals surface area contributed by atoms with E-state index < -0.39 is 5.82 Å². The molecule has 2 nitrogen and oxygen atoms in total. The fraction of sp³-hybridized carbons (Fsp3) is 0.0769. The Bertz CT molecular complexity index is 555. The molecule has 0 fully saturated rings. The molecule has 5 heteroatoms. The van der Waals surface area contributed by atoms with E-state index in [1.807, 2.05) is 0 Å². The van der Waals surface area contributed by atoms with Crippen molar-refractivity contribution >= 4 is 28.9 Å².